The summed E-state index contributed by atoms with van der Waals surface area (Å²) in [6.07, 6.45) is 1.08. The SMILES string of the molecule is CC1=[NH+]c2ccc(C)cc2C(c2ccccc2)C1.[Cl][Sb-]([Cl])([Cl])([Cl])([Cl])[Cl]. The maximum atomic E-state index is 5.06. The molecule has 0 aliphatic carbocycles. The molecule has 0 amide bonds. The van der Waals surface area contributed by atoms with E-state index in [-0.39, 0.29) is 0 Å². The predicted molar refractivity (Wildman–Crippen MR) is 116 cm³/mol. The molecule has 1 heterocycles. The molecule has 0 spiro atoms. The Morgan fingerprint density at radius 2 is 1.44 bits per heavy atom. The Morgan fingerprint density at radius 3 is 2.00 bits per heavy atom. The van der Waals surface area contributed by atoms with Crippen LogP contribution >= 0.6 is 53.0 Å². The average Bonchev–Trinajstić information content (AvgIpc) is 2.44. The molecule has 8 heteroatoms. The number of benzene rings is 2. The third-order valence-corrected chi connectivity index (χ3v) is 3.64. The van der Waals surface area contributed by atoms with Gasteiger partial charge in [-0.2, -0.15) is 0 Å². The van der Waals surface area contributed by atoms with Gasteiger partial charge in [-0.15, -0.1) is 0 Å². The normalized spacial score (nSPS) is 19.5. The molecule has 138 valence electrons. The van der Waals surface area contributed by atoms with Gasteiger partial charge in [-0.05, 0) is 18.6 Å². The van der Waals surface area contributed by atoms with Crippen LogP contribution in [0.1, 0.15) is 36.0 Å². The fourth-order valence-corrected chi connectivity index (χ4v) is 2.76. The molecule has 0 saturated heterocycles. The molecule has 0 saturated carbocycles. The van der Waals surface area contributed by atoms with Crippen molar-refractivity contribution in [3.05, 3.63) is 65.2 Å². The van der Waals surface area contributed by atoms with Gasteiger partial charge in [0.15, 0.2) is 5.71 Å². The Kier molecular flexibility index (Phi) is 6.37. The second-order valence-corrected chi connectivity index (χ2v) is 63.0. The first-order chi connectivity index (χ1) is 11.2. The third kappa shape index (κ3) is 8.93. The van der Waals surface area contributed by atoms with Gasteiger partial charge < -0.3 is 0 Å². The Hall–Kier alpha value is 0.668. The molecule has 3 rings (SSSR count). The van der Waals surface area contributed by atoms with Gasteiger partial charge in [-0.1, -0.05) is 42.0 Å². The van der Waals surface area contributed by atoms with Gasteiger partial charge in [0.1, 0.15) is 0 Å². The van der Waals surface area contributed by atoms with Crippen LogP contribution in [-0.2, 0) is 0 Å². The summed E-state index contributed by atoms with van der Waals surface area (Å²) in [5.41, 5.74) is 6.77. The molecular formula is C17H18Cl6NSb. The van der Waals surface area contributed by atoms with Crippen LogP contribution in [0.25, 0.3) is 0 Å². The summed E-state index contributed by atoms with van der Waals surface area (Å²) in [7, 11) is 25.0. The molecule has 1 aliphatic rings. The zero-order chi connectivity index (χ0) is 18.9. The first-order valence-electron chi connectivity index (χ1n) is 7.50. The molecule has 0 aromatic heterocycles. The summed E-state index contributed by atoms with van der Waals surface area (Å²) in [5, 5.41) is 0. The summed E-state index contributed by atoms with van der Waals surface area (Å²) >= 11 is 0. The van der Waals surface area contributed by atoms with Crippen molar-refractivity contribution in [1.29, 1.82) is 0 Å². The van der Waals surface area contributed by atoms with Crippen molar-refractivity contribution in [1.82, 2.24) is 0 Å². The van der Waals surface area contributed by atoms with Crippen molar-refractivity contribution in [2.24, 2.45) is 0 Å². The zero-order valence-corrected chi connectivity index (χ0v) is 20.7. The second-order valence-electron chi connectivity index (χ2n) is 6.12. The van der Waals surface area contributed by atoms with E-state index in [0.29, 0.717) is 5.92 Å². The molecule has 1 nitrogen and oxygen atoms in total. The summed E-state index contributed by atoms with van der Waals surface area (Å²) in [4.78, 5) is 3.50. The van der Waals surface area contributed by atoms with Crippen LogP contribution in [0.15, 0.2) is 48.5 Å². The van der Waals surface area contributed by atoms with Crippen molar-refractivity contribution >= 4 is 73.5 Å². The standard InChI is InChI=1S/C17H17N.6ClH.Sb/c1-12-8-9-17-16(10-12)15(11-13(2)18-17)14-6-4-3-5-7-14;;;;;;;/h3-10,15H,11H2,1-2H3;6*1H;/q;;;;;;;+5/p-5. The maximum absolute atomic E-state index is 5.42. The fourth-order valence-electron chi connectivity index (χ4n) is 2.76. The van der Waals surface area contributed by atoms with Crippen LogP contribution in [0.5, 0.6) is 0 Å². The van der Waals surface area contributed by atoms with E-state index >= 15 is 0 Å². The molecule has 0 bridgehead atoms. The Morgan fingerprint density at radius 1 is 0.880 bits per heavy atom. The molecule has 0 fully saturated rings. The first-order valence-corrected chi connectivity index (χ1v) is 26.9. The predicted octanol–water partition coefficient (Wildman–Crippen LogP) is 6.46. The first kappa shape index (κ1) is 22.0. The number of halogens is 6. The topological polar surface area (TPSA) is 14.0 Å². The van der Waals surface area contributed by atoms with Crippen molar-refractivity contribution in [2.45, 2.75) is 26.2 Å². The van der Waals surface area contributed by atoms with Crippen LogP contribution in [0.3, 0.4) is 0 Å². The van der Waals surface area contributed by atoms with E-state index in [4.69, 9.17) is 53.0 Å². The molecule has 25 heavy (non-hydrogen) atoms. The van der Waals surface area contributed by atoms with Crippen LogP contribution in [0.2, 0.25) is 0 Å². The molecule has 2 aromatic rings. The van der Waals surface area contributed by atoms with Gasteiger partial charge in [0.2, 0.25) is 5.69 Å². The van der Waals surface area contributed by atoms with Crippen LogP contribution in [0, 0.1) is 6.92 Å². The average molecular weight is 571 g/mol. The number of hydrogen-bond acceptors (Lipinski definition) is 0. The zero-order valence-electron chi connectivity index (χ0n) is 13.6. The molecule has 1 aliphatic heterocycles. The molecule has 2 aromatic carbocycles. The quantitative estimate of drug-likeness (QED) is 0.379. The second kappa shape index (κ2) is 7.25. The van der Waals surface area contributed by atoms with Gasteiger partial charge in [0, 0.05) is 30.9 Å². The van der Waals surface area contributed by atoms with Crippen molar-refractivity contribution in [3.63, 3.8) is 0 Å². The molecule has 1 unspecified atom stereocenters. The minimum atomic E-state index is -5.42. The summed E-state index contributed by atoms with van der Waals surface area (Å²) < 4.78 is 0. The monoisotopic (exact) mass is 567 g/mol. The minimum absolute atomic E-state index is 0.488. The van der Waals surface area contributed by atoms with E-state index in [0.717, 1.165) is 6.42 Å². The van der Waals surface area contributed by atoms with E-state index in [2.05, 4.69) is 67.4 Å². The van der Waals surface area contributed by atoms with Gasteiger partial charge >= 0.3 is 62.1 Å². The van der Waals surface area contributed by atoms with Crippen LogP contribution in [-0.4, -0.2) is 14.9 Å². The van der Waals surface area contributed by atoms with E-state index in [1.165, 1.54) is 28.1 Å². The van der Waals surface area contributed by atoms with E-state index in [9.17, 15) is 0 Å². The number of nitrogens with one attached hydrogen (secondary N) is 1. The van der Waals surface area contributed by atoms with Crippen LogP contribution < -0.4 is 4.99 Å². The van der Waals surface area contributed by atoms with Gasteiger partial charge in [-0.3, -0.25) is 0 Å². The van der Waals surface area contributed by atoms with E-state index in [1.807, 2.05) is 0 Å². The van der Waals surface area contributed by atoms with Crippen LogP contribution in [0.4, 0.5) is 5.69 Å². The molecule has 1 atom stereocenters. The van der Waals surface area contributed by atoms with Crippen molar-refractivity contribution < 1.29 is 4.99 Å². The summed E-state index contributed by atoms with van der Waals surface area (Å²) in [6.45, 7) is 4.34. The third-order valence-electron chi connectivity index (χ3n) is 3.64. The van der Waals surface area contributed by atoms with Crippen molar-refractivity contribution in [3.8, 4) is 0 Å². The number of rotatable bonds is 1. The molecular weight excluding hydrogens is 553 g/mol. The van der Waals surface area contributed by atoms with E-state index in [1.54, 1.807) is 0 Å². The number of hydrogen-bond donors (Lipinski definition) is 1. The summed E-state index contributed by atoms with van der Waals surface area (Å²) in [5.74, 6) is 0.488. The van der Waals surface area contributed by atoms with Crippen molar-refractivity contribution in [2.75, 3.05) is 0 Å². The van der Waals surface area contributed by atoms with Gasteiger partial charge in [0.25, 0.3) is 0 Å². The number of fused-ring (bicyclic) bond motifs is 1. The Bertz CT molecular complexity index is 786. The Labute approximate surface area is 168 Å². The summed E-state index contributed by atoms with van der Waals surface area (Å²) in [6, 6.07) is 17.5. The fraction of sp³-hybridized carbons (Fsp3) is 0.235. The molecule has 0 radical (unpaired) electrons. The Balaban J connectivity index is 0.000000277. The number of aryl methyl sites for hydroxylation is 1. The van der Waals surface area contributed by atoms with Gasteiger partial charge in [-0.25, -0.2) is 4.99 Å². The van der Waals surface area contributed by atoms with Gasteiger partial charge in [0.05, 0.1) is 0 Å². The van der Waals surface area contributed by atoms with E-state index < -0.39 is 9.14 Å². The molecule has 1 N–H and O–H groups in total.